The van der Waals surface area contributed by atoms with Crippen LogP contribution < -0.4 is 19.3 Å². The van der Waals surface area contributed by atoms with Gasteiger partial charge < -0.3 is 4.98 Å². The third-order valence-electron chi connectivity index (χ3n) is 5.97. The predicted octanol–water partition coefficient (Wildman–Crippen LogP) is 3.89. The van der Waals surface area contributed by atoms with E-state index in [0.29, 0.717) is 15.0 Å². The van der Waals surface area contributed by atoms with Gasteiger partial charge in [-0.3, -0.25) is 0 Å². The zero-order valence-corrected chi connectivity index (χ0v) is 24.6. The van der Waals surface area contributed by atoms with E-state index in [4.69, 9.17) is 0 Å². The first kappa shape index (κ1) is 25.4. The number of hydrogen-bond donors (Lipinski definition) is 0. The maximum Gasteiger partial charge on any atom is 0.0160 e. The zero-order chi connectivity index (χ0) is 23.4. The molecule has 0 bridgehead atoms. The summed E-state index contributed by atoms with van der Waals surface area (Å²) >= 11 is 0.332. The van der Waals surface area contributed by atoms with Gasteiger partial charge in [0, 0.05) is 26.3 Å². The van der Waals surface area contributed by atoms with Gasteiger partial charge in [-0.15, -0.1) is 35.9 Å². The van der Waals surface area contributed by atoms with E-state index >= 15 is 0 Å². The molecule has 0 spiro atoms. The van der Waals surface area contributed by atoms with Crippen molar-refractivity contribution in [2.75, 3.05) is 0 Å². The van der Waals surface area contributed by atoms with E-state index in [9.17, 15) is 0 Å². The van der Waals surface area contributed by atoms with Crippen LogP contribution in [0.1, 0.15) is 0 Å². The van der Waals surface area contributed by atoms with Crippen molar-refractivity contribution in [2.45, 2.75) is 13.1 Å². The Morgan fingerprint density at radius 1 is 0.657 bits per heavy atom. The fourth-order valence-corrected chi connectivity index (χ4v) is 12.7. The number of aromatic nitrogens is 2. The van der Waals surface area contributed by atoms with Gasteiger partial charge in [0.05, 0.1) is 0 Å². The molecule has 6 rings (SSSR count). The number of hydrogen-bond acceptors (Lipinski definition) is 2. The van der Waals surface area contributed by atoms with Crippen molar-refractivity contribution in [3.05, 3.63) is 122 Å². The van der Waals surface area contributed by atoms with E-state index in [1.165, 1.54) is 14.5 Å². The van der Waals surface area contributed by atoms with E-state index in [2.05, 4.69) is 83.7 Å². The van der Waals surface area contributed by atoms with E-state index in [1.54, 1.807) is 16.6 Å². The second-order valence-corrected chi connectivity index (χ2v) is 15.1. The zero-order valence-electron chi connectivity index (χ0n) is 19.5. The van der Waals surface area contributed by atoms with Crippen molar-refractivity contribution in [3.8, 4) is 22.5 Å². The number of fused-ring (bicyclic) bond motifs is 2. The van der Waals surface area contributed by atoms with E-state index < -0.39 is 8.07 Å². The topological polar surface area (TPSA) is 25.8 Å². The largest absolute Gasteiger partial charge is 0.305 e. The van der Waals surface area contributed by atoms with Crippen LogP contribution in [0.4, 0.5) is 0 Å². The molecule has 5 aromatic rings. The van der Waals surface area contributed by atoms with Crippen LogP contribution in [0.5, 0.6) is 0 Å². The van der Waals surface area contributed by atoms with Gasteiger partial charge in [0.25, 0.3) is 0 Å². The van der Waals surface area contributed by atoms with Crippen molar-refractivity contribution in [2.24, 2.45) is 0 Å². The van der Waals surface area contributed by atoms with Gasteiger partial charge in [-0.05, 0) is 11.8 Å². The maximum absolute atomic E-state index is 4.56. The number of rotatable bonds is 2. The fraction of sp³-hybridized carbons (Fsp3) is 0.0667. The van der Waals surface area contributed by atoms with Gasteiger partial charge in [0.15, 0.2) is 0 Å². The summed E-state index contributed by atoms with van der Waals surface area (Å²) in [5, 5.41) is 3.16. The molecular weight excluding hydrogens is 688 g/mol. The van der Waals surface area contributed by atoms with Gasteiger partial charge in [-0.2, -0.15) is 0 Å². The Morgan fingerprint density at radius 2 is 1.34 bits per heavy atom. The summed E-state index contributed by atoms with van der Waals surface area (Å²) in [6, 6.07) is 39.8. The Hall–Kier alpha value is -2.65. The van der Waals surface area contributed by atoms with Crippen LogP contribution in [0.3, 0.4) is 0 Å². The van der Waals surface area contributed by atoms with Gasteiger partial charge in [-0.1, -0.05) is 12.1 Å². The maximum atomic E-state index is 4.56. The normalized spacial score (nSPS) is 12.7. The van der Waals surface area contributed by atoms with E-state index in [-0.39, 0.29) is 20.1 Å². The van der Waals surface area contributed by atoms with E-state index in [0.717, 1.165) is 17.0 Å². The van der Waals surface area contributed by atoms with Crippen molar-refractivity contribution in [3.63, 3.8) is 0 Å². The average Bonchev–Trinajstić information content (AvgIpc) is 2.90. The standard InChI is InChI=1S/C19H16NSeSi.C11H8N.Ir/c1-22(2)17-11-4-3-10-16(17)21-19-14(8-7-12-18(19)22)15-9-5-6-13-20-15;1-2-6-10(7-3-1)11-8-4-5-9-12-11;/h3-7,9-13H,1-2H3;1-6,8-9H;/q2*-1;. The molecule has 0 fully saturated rings. The Balaban J connectivity index is 0.000000189. The molecule has 1 radical (unpaired) electrons. The molecule has 2 aromatic heterocycles. The summed E-state index contributed by atoms with van der Waals surface area (Å²) in [6.45, 7) is 4.92. The molecule has 0 aliphatic carbocycles. The van der Waals surface area contributed by atoms with Gasteiger partial charge in [0.2, 0.25) is 0 Å². The summed E-state index contributed by atoms with van der Waals surface area (Å²) in [6.07, 6.45) is 3.66. The number of nitrogens with zero attached hydrogens (tertiary/aromatic N) is 2. The first-order valence-corrected chi connectivity index (χ1v) is 16.0. The minimum Gasteiger partial charge on any atom is -0.305 e. The molecule has 35 heavy (non-hydrogen) atoms. The molecule has 3 aromatic carbocycles. The smallest absolute Gasteiger partial charge is 0.0160 e. The van der Waals surface area contributed by atoms with E-state index in [1.807, 2.05) is 54.7 Å². The minimum atomic E-state index is -1.63. The molecule has 3 heterocycles. The SMILES string of the molecule is C[Si]1(C)c2ccccc2[Se]c2c(-c3ccccn3)[c-]ccc21.[Ir].[c-]1ccccc1-c1ccccn1. The second-order valence-electron chi connectivity index (χ2n) is 8.52. The Labute approximate surface area is 228 Å². The van der Waals surface area contributed by atoms with Crippen LogP contribution in [-0.4, -0.2) is 33.0 Å². The first-order chi connectivity index (χ1) is 16.6. The Kier molecular flexibility index (Phi) is 8.28. The summed E-state index contributed by atoms with van der Waals surface area (Å²) in [7, 11) is -1.63. The second kappa shape index (κ2) is 11.4. The third kappa shape index (κ3) is 5.45. The summed E-state index contributed by atoms with van der Waals surface area (Å²) in [5.41, 5.74) is 4.26. The monoisotopic (exact) mass is 713 g/mol. The third-order valence-corrected chi connectivity index (χ3v) is 12.8. The molecule has 0 amide bonds. The van der Waals surface area contributed by atoms with Gasteiger partial charge in [0.1, 0.15) is 0 Å². The molecule has 1 aliphatic heterocycles. The molecule has 2 nitrogen and oxygen atoms in total. The van der Waals surface area contributed by atoms with Crippen LogP contribution in [-0.2, 0) is 20.1 Å². The Morgan fingerprint density at radius 3 is 2.03 bits per heavy atom. The van der Waals surface area contributed by atoms with Crippen LogP contribution in [0, 0.1) is 12.1 Å². The molecular formula is C30H24IrN2SeSi-2. The van der Waals surface area contributed by atoms with Crippen LogP contribution in [0.25, 0.3) is 22.5 Å². The Bertz CT molecular complexity index is 1360. The fourth-order valence-electron chi connectivity index (χ4n) is 4.19. The van der Waals surface area contributed by atoms with Gasteiger partial charge >= 0.3 is 139 Å². The quantitative estimate of drug-likeness (QED) is 0.206. The molecule has 175 valence electrons. The predicted molar refractivity (Wildman–Crippen MR) is 145 cm³/mol. The van der Waals surface area contributed by atoms with Crippen molar-refractivity contribution >= 4 is 42.3 Å². The molecule has 0 atom stereocenters. The first-order valence-electron chi connectivity index (χ1n) is 11.3. The minimum absolute atomic E-state index is 0. The molecule has 1 aliphatic rings. The van der Waals surface area contributed by atoms with Crippen LogP contribution >= 0.6 is 0 Å². The summed E-state index contributed by atoms with van der Waals surface area (Å²) < 4.78 is 3.03. The van der Waals surface area contributed by atoms with Gasteiger partial charge in [-0.25, -0.2) is 0 Å². The van der Waals surface area contributed by atoms with Crippen molar-refractivity contribution in [1.82, 2.24) is 9.97 Å². The summed E-state index contributed by atoms with van der Waals surface area (Å²) in [4.78, 5) is 8.77. The molecule has 0 saturated carbocycles. The molecule has 0 saturated heterocycles. The van der Waals surface area contributed by atoms with Crippen molar-refractivity contribution < 1.29 is 20.1 Å². The number of benzene rings is 3. The van der Waals surface area contributed by atoms with Crippen LogP contribution in [0.15, 0.2) is 109 Å². The molecule has 0 N–H and O–H groups in total. The average molecular weight is 712 g/mol. The summed E-state index contributed by atoms with van der Waals surface area (Å²) in [5.74, 6) is 0. The van der Waals surface area contributed by atoms with Crippen LogP contribution in [0.2, 0.25) is 13.1 Å². The molecule has 0 unspecified atom stereocenters. The molecule has 5 heteroatoms. The number of pyridine rings is 2. The van der Waals surface area contributed by atoms with Crippen molar-refractivity contribution in [1.29, 1.82) is 0 Å².